The Hall–Kier alpha value is -1.07. The molecule has 0 bridgehead atoms. The summed E-state index contributed by atoms with van der Waals surface area (Å²) in [5, 5.41) is 3.14. The van der Waals surface area contributed by atoms with E-state index in [1.54, 1.807) is 0 Å². The minimum Gasteiger partial charge on any atom is -0.444 e. The van der Waals surface area contributed by atoms with Crippen molar-refractivity contribution < 1.29 is 14.3 Å². The van der Waals surface area contributed by atoms with E-state index in [0.717, 1.165) is 32.5 Å². The molecule has 0 radical (unpaired) electrons. The molecule has 2 fully saturated rings. The number of piperidine rings is 1. The molecule has 3 atom stereocenters. The third-order valence-electron chi connectivity index (χ3n) is 5.04. The number of nitrogens with zero attached hydrogens (tertiary/aromatic N) is 1. The molecule has 1 heterocycles. The third kappa shape index (κ3) is 6.98. The van der Waals surface area contributed by atoms with Gasteiger partial charge in [-0.3, -0.25) is 4.90 Å². The monoisotopic (exact) mass is 352 g/mol. The molecule has 1 aliphatic heterocycles. The van der Waals surface area contributed by atoms with Crippen molar-refractivity contribution in [1.29, 1.82) is 0 Å². The first-order chi connectivity index (χ1) is 11.9. The second-order valence-corrected chi connectivity index (χ2v) is 8.43. The molecule has 0 spiro atoms. The fraction of sp³-hybridized carbons (Fsp3) is 0.850. The Morgan fingerprint density at radius 3 is 2.72 bits per heavy atom. The molecule has 5 nitrogen and oxygen atoms in total. The lowest BCUT2D eigenvalue weighted by atomic mass is 9.86. The van der Waals surface area contributed by atoms with Gasteiger partial charge in [0.1, 0.15) is 5.60 Å². The van der Waals surface area contributed by atoms with E-state index in [1.165, 1.54) is 25.7 Å². The van der Waals surface area contributed by atoms with Crippen LogP contribution >= 0.6 is 0 Å². The molecule has 5 heteroatoms. The maximum atomic E-state index is 12.2. The van der Waals surface area contributed by atoms with E-state index >= 15 is 0 Å². The molecule has 2 rings (SSSR count). The van der Waals surface area contributed by atoms with Gasteiger partial charge in [-0.15, -0.1) is 6.58 Å². The first-order valence-corrected chi connectivity index (χ1v) is 9.81. The largest absolute Gasteiger partial charge is 0.444 e. The highest BCUT2D eigenvalue weighted by Crippen LogP contribution is 2.28. The summed E-state index contributed by atoms with van der Waals surface area (Å²) in [6.07, 6.45) is 8.57. The van der Waals surface area contributed by atoms with Gasteiger partial charge in [0, 0.05) is 18.6 Å². The molecule has 1 saturated heterocycles. The van der Waals surface area contributed by atoms with E-state index in [0.29, 0.717) is 18.6 Å². The zero-order valence-electron chi connectivity index (χ0n) is 16.3. The van der Waals surface area contributed by atoms with E-state index in [9.17, 15) is 4.79 Å². The van der Waals surface area contributed by atoms with Gasteiger partial charge >= 0.3 is 6.09 Å². The normalized spacial score (nSPS) is 28.4. The first-order valence-electron chi connectivity index (χ1n) is 9.81. The van der Waals surface area contributed by atoms with Gasteiger partial charge in [-0.1, -0.05) is 18.9 Å². The lowest BCUT2D eigenvalue weighted by Gasteiger charge is -2.44. The van der Waals surface area contributed by atoms with Crippen LogP contribution in [0.4, 0.5) is 4.79 Å². The summed E-state index contributed by atoms with van der Waals surface area (Å²) >= 11 is 0. The van der Waals surface area contributed by atoms with Gasteiger partial charge in [-0.25, -0.2) is 4.79 Å². The van der Waals surface area contributed by atoms with Gasteiger partial charge < -0.3 is 14.8 Å². The zero-order valence-corrected chi connectivity index (χ0v) is 16.3. The molecule has 2 unspecified atom stereocenters. The maximum Gasteiger partial charge on any atom is 0.407 e. The summed E-state index contributed by atoms with van der Waals surface area (Å²) in [4.78, 5) is 14.8. The Balaban J connectivity index is 1.90. The Morgan fingerprint density at radius 1 is 1.24 bits per heavy atom. The van der Waals surface area contributed by atoms with Crippen molar-refractivity contribution in [2.24, 2.45) is 5.92 Å². The predicted molar refractivity (Wildman–Crippen MR) is 101 cm³/mol. The Kier molecular flexibility index (Phi) is 7.76. The Bertz CT molecular complexity index is 433. The van der Waals surface area contributed by atoms with Gasteiger partial charge in [-0.05, 0) is 58.9 Å². The van der Waals surface area contributed by atoms with Crippen molar-refractivity contribution in [2.45, 2.75) is 77.0 Å². The number of ether oxygens (including phenoxy) is 2. The third-order valence-corrected chi connectivity index (χ3v) is 5.04. The molecule has 25 heavy (non-hydrogen) atoms. The first kappa shape index (κ1) is 20.2. The minimum absolute atomic E-state index is 0.191. The van der Waals surface area contributed by atoms with Gasteiger partial charge in [0.15, 0.2) is 0 Å². The van der Waals surface area contributed by atoms with Crippen LogP contribution < -0.4 is 5.32 Å². The van der Waals surface area contributed by atoms with Crippen LogP contribution in [0.15, 0.2) is 12.7 Å². The van der Waals surface area contributed by atoms with Crippen LogP contribution in [0.25, 0.3) is 0 Å². The van der Waals surface area contributed by atoms with Crippen molar-refractivity contribution in [2.75, 3.05) is 26.3 Å². The number of likely N-dealkylation sites (tertiary alicyclic amines) is 1. The molecular weight excluding hydrogens is 316 g/mol. The van der Waals surface area contributed by atoms with Gasteiger partial charge in [0.2, 0.25) is 0 Å². The van der Waals surface area contributed by atoms with Gasteiger partial charge in [0.25, 0.3) is 0 Å². The summed E-state index contributed by atoms with van der Waals surface area (Å²) in [7, 11) is 0. The Labute approximate surface area is 153 Å². The van der Waals surface area contributed by atoms with E-state index in [-0.39, 0.29) is 12.1 Å². The van der Waals surface area contributed by atoms with Crippen LogP contribution in [0.2, 0.25) is 0 Å². The van der Waals surface area contributed by atoms with Gasteiger partial charge in [0.05, 0.1) is 13.2 Å². The SMILES string of the molecule is C=CCOC[C@H]1CCCN(C2CCCCC2NC(=O)OC(C)(C)C)C1. The van der Waals surface area contributed by atoms with Crippen LogP contribution in [0.5, 0.6) is 0 Å². The van der Waals surface area contributed by atoms with E-state index in [2.05, 4.69) is 16.8 Å². The van der Waals surface area contributed by atoms with Crippen molar-refractivity contribution in [3.8, 4) is 0 Å². The van der Waals surface area contributed by atoms with E-state index in [4.69, 9.17) is 9.47 Å². The lowest BCUT2D eigenvalue weighted by molar-refractivity contribution is 0.0252. The summed E-state index contributed by atoms with van der Waals surface area (Å²) in [6, 6.07) is 0.611. The number of carbonyl (C=O) groups excluding carboxylic acids is 1. The molecule has 0 aromatic heterocycles. The number of hydrogen-bond donors (Lipinski definition) is 1. The fourth-order valence-corrected chi connectivity index (χ4v) is 4.03. The highest BCUT2D eigenvalue weighted by molar-refractivity contribution is 5.68. The van der Waals surface area contributed by atoms with Crippen LogP contribution in [0.3, 0.4) is 0 Å². The van der Waals surface area contributed by atoms with Crippen LogP contribution in [0.1, 0.15) is 59.3 Å². The lowest BCUT2D eigenvalue weighted by Crippen LogP contribution is -2.56. The average molecular weight is 353 g/mol. The van der Waals surface area contributed by atoms with E-state index < -0.39 is 5.60 Å². The zero-order chi connectivity index (χ0) is 18.3. The number of carbonyl (C=O) groups is 1. The average Bonchev–Trinajstić information content (AvgIpc) is 2.54. The molecular formula is C20H36N2O3. The molecule has 0 aromatic carbocycles. The Morgan fingerprint density at radius 2 is 2.00 bits per heavy atom. The van der Waals surface area contributed by atoms with Crippen LogP contribution in [-0.2, 0) is 9.47 Å². The molecule has 1 amide bonds. The number of hydrogen-bond acceptors (Lipinski definition) is 4. The number of nitrogens with one attached hydrogen (secondary N) is 1. The topological polar surface area (TPSA) is 50.8 Å². The van der Waals surface area contributed by atoms with Crippen LogP contribution in [0, 0.1) is 5.92 Å². The predicted octanol–water partition coefficient (Wildman–Crippen LogP) is 3.74. The highest BCUT2D eigenvalue weighted by Gasteiger charge is 2.34. The summed E-state index contributed by atoms with van der Waals surface area (Å²) in [5.74, 6) is 0.581. The quantitative estimate of drug-likeness (QED) is 0.584. The highest BCUT2D eigenvalue weighted by atomic mass is 16.6. The smallest absolute Gasteiger partial charge is 0.407 e. The second kappa shape index (κ2) is 9.58. The number of rotatable bonds is 6. The van der Waals surface area contributed by atoms with Gasteiger partial charge in [-0.2, -0.15) is 0 Å². The molecule has 144 valence electrons. The van der Waals surface area contributed by atoms with Crippen molar-refractivity contribution in [3.05, 3.63) is 12.7 Å². The van der Waals surface area contributed by atoms with Crippen molar-refractivity contribution >= 4 is 6.09 Å². The number of alkyl carbamates (subject to hydrolysis) is 1. The second-order valence-electron chi connectivity index (χ2n) is 8.43. The molecule has 0 aromatic rings. The van der Waals surface area contributed by atoms with E-state index in [1.807, 2.05) is 26.8 Å². The molecule has 1 N–H and O–H groups in total. The summed E-state index contributed by atoms with van der Waals surface area (Å²) in [5.41, 5.74) is -0.451. The fourth-order valence-electron chi connectivity index (χ4n) is 4.03. The number of amides is 1. The maximum absolute atomic E-state index is 12.2. The minimum atomic E-state index is -0.451. The standard InChI is InChI=1S/C20H36N2O3/c1-5-13-24-15-16-9-8-12-22(14-16)18-11-7-6-10-17(18)21-19(23)25-20(2,3)4/h5,16-18H,1,6-15H2,2-4H3,(H,21,23)/t16-,17?,18?/m0/s1. The summed E-state index contributed by atoms with van der Waals surface area (Å²) in [6.45, 7) is 13.0. The van der Waals surface area contributed by atoms with Crippen molar-refractivity contribution in [3.63, 3.8) is 0 Å². The molecule has 1 aliphatic carbocycles. The molecule has 2 aliphatic rings. The molecule has 1 saturated carbocycles. The summed E-state index contributed by atoms with van der Waals surface area (Å²) < 4.78 is 11.1. The van der Waals surface area contributed by atoms with Crippen LogP contribution in [-0.4, -0.2) is 55.0 Å². The van der Waals surface area contributed by atoms with Crippen molar-refractivity contribution in [1.82, 2.24) is 10.2 Å².